The van der Waals surface area contributed by atoms with Gasteiger partial charge in [0.05, 0.1) is 18.7 Å². The van der Waals surface area contributed by atoms with Gasteiger partial charge in [-0.3, -0.25) is 4.79 Å². The highest BCUT2D eigenvalue weighted by Crippen LogP contribution is 2.22. The third-order valence-electron chi connectivity index (χ3n) is 4.06. The first-order valence-corrected chi connectivity index (χ1v) is 7.25. The predicted octanol–water partition coefficient (Wildman–Crippen LogP) is 2.40. The van der Waals surface area contributed by atoms with Crippen LogP contribution < -0.4 is 15.4 Å². The molecule has 2 rings (SSSR count). The van der Waals surface area contributed by atoms with Crippen LogP contribution in [0.2, 0.25) is 0 Å². The van der Waals surface area contributed by atoms with Crippen molar-refractivity contribution < 1.29 is 9.53 Å². The molecule has 0 aromatic heterocycles. The van der Waals surface area contributed by atoms with Gasteiger partial charge < -0.3 is 15.4 Å². The lowest BCUT2D eigenvalue weighted by Crippen LogP contribution is -2.57. The Morgan fingerprint density at radius 1 is 1.45 bits per heavy atom. The fraction of sp³-hybridized carbons (Fsp3) is 0.562. The van der Waals surface area contributed by atoms with Crippen LogP contribution in [0, 0.1) is 0 Å². The second-order valence-corrected chi connectivity index (χ2v) is 5.69. The number of ether oxygens (including phenoxy) is 1. The van der Waals surface area contributed by atoms with Crippen LogP contribution in [0.15, 0.2) is 24.3 Å². The molecular weight excluding hydrogens is 252 g/mol. The molecule has 1 amide bonds. The number of benzene rings is 1. The fourth-order valence-corrected chi connectivity index (χ4v) is 2.60. The molecule has 1 heterocycles. The number of hydrogen-bond acceptors (Lipinski definition) is 3. The largest absolute Gasteiger partial charge is 0.497 e. The molecule has 1 aliphatic rings. The molecule has 1 saturated heterocycles. The van der Waals surface area contributed by atoms with Crippen LogP contribution in [0.5, 0.6) is 5.75 Å². The first-order valence-electron chi connectivity index (χ1n) is 7.25. The van der Waals surface area contributed by atoms with E-state index in [9.17, 15) is 4.79 Å². The standard InChI is InChI=1S/C16H24N2O2/c1-12(13-7-6-8-14(11-13)20-3)18-15(19)16(2)9-4-5-10-17-16/h6-8,11-12,17H,4-5,9-10H2,1-3H3,(H,18,19). The number of nitrogens with one attached hydrogen (secondary N) is 2. The molecule has 0 spiro atoms. The molecule has 1 aromatic rings. The summed E-state index contributed by atoms with van der Waals surface area (Å²) in [5, 5.41) is 6.44. The van der Waals surface area contributed by atoms with Crippen molar-refractivity contribution >= 4 is 5.91 Å². The van der Waals surface area contributed by atoms with Gasteiger partial charge in [0, 0.05) is 0 Å². The third-order valence-corrected chi connectivity index (χ3v) is 4.06. The minimum Gasteiger partial charge on any atom is -0.497 e. The summed E-state index contributed by atoms with van der Waals surface area (Å²) in [6.07, 6.45) is 3.14. The summed E-state index contributed by atoms with van der Waals surface area (Å²) in [4.78, 5) is 12.5. The molecule has 1 aliphatic heterocycles. The molecule has 2 atom stereocenters. The molecule has 4 heteroatoms. The van der Waals surface area contributed by atoms with Crippen LogP contribution >= 0.6 is 0 Å². The van der Waals surface area contributed by atoms with E-state index in [4.69, 9.17) is 4.74 Å². The van der Waals surface area contributed by atoms with E-state index in [-0.39, 0.29) is 11.9 Å². The topological polar surface area (TPSA) is 50.4 Å². The lowest BCUT2D eigenvalue weighted by Gasteiger charge is -2.34. The molecule has 0 radical (unpaired) electrons. The van der Waals surface area contributed by atoms with Crippen molar-refractivity contribution in [1.82, 2.24) is 10.6 Å². The summed E-state index contributed by atoms with van der Waals surface area (Å²) in [7, 11) is 1.65. The van der Waals surface area contributed by atoms with E-state index in [2.05, 4.69) is 10.6 Å². The Morgan fingerprint density at radius 3 is 2.90 bits per heavy atom. The van der Waals surface area contributed by atoms with Crippen molar-refractivity contribution in [3.05, 3.63) is 29.8 Å². The number of piperidine rings is 1. The van der Waals surface area contributed by atoms with E-state index in [1.54, 1.807) is 7.11 Å². The number of carbonyl (C=O) groups excluding carboxylic acids is 1. The zero-order valence-corrected chi connectivity index (χ0v) is 12.5. The van der Waals surface area contributed by atoms with E-state index in [0.29, 0.717) is 0 Å². The van der Waals surface area contributed by atoms with E-state index in [1.807, 2.05) is 38.1 Å². The maximum absolute atomic E-state index is 12.5. The molecule has 0 aliphatic carbocycles. The van der Waals surface area contributed by atoms with Gasteiger partial charge in [0.15, 0.2) is 0 Å². The van der Waals surface area contributed by atoms with Gasteiger partial charge in [-0.1, -0.05) is 12.1 Å². The molecule has 1 aromatic carbocycles. The minimum atomic E-state index is -0.439. The van der Waals surface area contributed by atoms with Crippen LogP contribution in [0.25, 0.3) is 0 Å². The molecular formula is C16H24N2O2. The van der Waals surface area contributed by atoms with Crippen LogP contribution in [0.4, 0.5) is 0 Å². The van der Waals surface area contributed by atoms with Crippen LogP contribution in [-0.2, 0) is 4.79 Å². The highest BCUT2D eigenvalue weighted by atomic mass is 16.5. The second kappa shape index (κ2) is 6.27. The maximum Gasteiger partial charge on any atom is 0.240 e. The zero-order chi connectivity index (χ0) is 14.6. The molecule has 4 nitrogen and oxygen atoms in total. The van der Waals surface area contributed by atoms with Crippen molar-refractivity contribution in [2.24, 2.45) is 0 Å². The third kappa shape index (κ3) is 3.31. The Bertz CT molecular complexity index is 467. The highest BCUT2D eigenvalue weighted by molar-refractivity contribution is 5.86. The Labute approximate surface area is 120 Å². The normalized spacial score (nSPS) is 23.9. The minimum absolute atomic E-state index is 0.0295. The summed E-state index contributed by atoms with van der Waals surface area (Å²) in [5.41, 5.74) is 0.614. The molecule has 110 valence electrons. The van der Waals surface area contributed by atoms with Crippen molar-refractivity contribution in [3.63, 3.8) is 0 Å². The van der Waals surface area contributed by atoms with Gasteiger partial charge in [0.1, 0.15) is 5.75 Å². The van der Waals surface area contributed by atoms with E-state index >= 15 is 0 Å². The Morgan fingerprint density at radius 2 is 2.25 bits per heavy atom. The Kier molecular flexibility index (Phi) is 4.65. The smallest absolute Gasteiger partial charge is 0.240 e. The van der Waals surface area contributed by atoms with Gasteiger partial charge >= 0.3 is 0 Å². The number of amides is 1. The number of carbonyl (C=O) groups is 1. The van der Waals surface area contributed by atoms with Gasteiger partial charge in [-0.2, -0.15) is 0 Å². The van der Waals surface area contributed by atoms with Crippen LogP contribution in [0.1, 0.15) is 44.7 Å². The second-order valence-electron chi connectivity index (χ2n) is 5.69. The van der Waals surface area contributed by atoms with E-state index in [1.165, 1.54) is 0 Å². The first kappa shape index (κ1) is 14.9. The summed E-state index contributed by atoms with van der Waals surface area (Å²) in [5.74, 6) is 0.887. The summed E-state index contributed by atoms with van der Waals surface area (Å²) < 4.78 is 5.22. The Balaban J connectivity index is 2.02. The molecule has 2 N–H and O–H groups in total. The summed E-state index contributed by atoms with van der Waals surface area (Å²) in [6.45, 7) is 4.90. The van der Waals surface area contributed by atoms with Crippen molar-refractivity contribution in [3.8, 4) is 5.75 Å². The van der Waals surface area contributed by atoms with Crippen molar-refractivity contribution in [2.45, 2.75) is 44.7 Å². The Hall–Kier alpha value is -1.55. The quantitative estimate of drug-likeness (QED) is 0.888. The van der Waals surface area contributed by atoms with E-state index in [0.717, 1.165) is 37.1 Å². The molecule has 2 unspecified atom stereocenters. The fourth-order valence-electron chi connectivity index (χ4n) is 2.60. The van der Waals surface area contributed by atoms with Crippen molar-refractivity contribution in [1.29, 1.82) is 0 Å². The number of rotatable bonds is 4. The summed E-state index contributed by atoms with van der Waals surface area (Å²) in [6, 6.07) is 7.78. The van der Waals surface area contributed by atoms with Gasteiger partial charge in [-0.25, -0.2) is 0 Å². The highest BCUT2D eigenvalue weighted by Gasteiger charge is 2.34. The van der Waals surface area contributed by atoms with Crippen LogP contribution in [0.3, 0.4) is 0 Å². The lowest BCUT2D eigenvalue weighted by molar-refractivity contribution is -0.128. The number of hydrogen-bond donors (Lipinski definition) is 2. The lowest BCUT2D eigenvalue weighted by atomic mass is 9.89. The summed E-state index contributed by atoms with van der Waals surface area (Å²) >= 11 is 0. The SMILES string of the molecule is COc1cccc(C(C)NC(=O)C2(C)CCCCN2)c1. The predicted molar refractivity (Wildman–Crippen MR) is 79.8 cm³/mol. The molecule has 20 heavy (non-hydrogen) atoms. The monoisotopic (exact) mass is 276 g/mol. The molecule has 0 bridgehead atoms. The van der Waals surface area contributed by atoms with Gasteiger partial charge in [0.2, 0.25) is 5.91 Å². The molecule has 0 saturated carbocycles. The zero-order valence-electron chi connectivity index (χ0n) is 12.5. The average molecular weight is 276 g/mol. The van der Waals surface area contributed by atoms with Crippen molar-refractivity contribution in [2.75, 3.05) is 13.7 Å². The van der Waals surface area contributed by atoms with Gasteiger partial charge in [-0.05, 0) is 57.4 Å². The van der Waals surface area contributed by atoms with Gasteiger partial charge in [0.25, 0.3) is 0 Å². The van der Waals surface area contributed by atoms with E-state index < -0.39 is 5.54 Å². The average Bonchev–Trinajstić information content (AvgIpc) is 2.48. The maximum atomic E-state index is 12.5. The van der Waals surface area contributed by atoms with Gasteiger partial charge in [-0.15, -0.1) is 0 Å². The molecule has 1 fully saturated rings. The number of methoxy groups -OCH3 is 1. The first-order chi connectivity index (χ1) is 9.55. The van der Waals surface area contributed by atoms with Crippen LogP contribution in [-0.4, -0.2) is 25.1 Å².